The van der Waals surface area contributed by atoms with Crippen molar-refractivity contribution in [3.8, 4) is 11.5 Å². The number of nitrogens with zero attached hydrogens (tertiary/aromatic N) is 2. The van der Waals surface area contributed by atoms with Gasteiger partial charge in [0.25, 0.3) is 0 Å². The van der Waals surface area contributed by atoms with Crippen molar-refractivity contribution in [3.05, 3.63) is 54.2 Å². The normalized spacial score (nSPS) is 26.6. The first-order valence-corrected chi connectivity index (χ1v) is 9.00. The Morgan fingerprint density at radius 2 is 1.83 bits per heavy atom. The van der Waals surface area contributed by atoms with Crippen molar-refractivity contribution >= 4 is 11.0 Å². The van der Waals surface area contributed by atoms with Crippen LogP contribution in [0.1, 0.15) is 31.2 Å². The summed E-state index contributed by atoms with van der Waals surface area (Å²) >= 11 is 0. The fraction of sp³-hybridized carbons (Fsp3) is 0.381. The van der Waals surface area contributed by atoms with Crippen LogP contribution in [0.15, 0.2) is 53.1 Å². The predicted molar refractivity (Wildman–Crippen MR) is 96.0 cm³/mol. The van der Waals surface area contributed by atoms with Crippen molar-refractivity contribution in [3.63, 3.8) is 0 Å². The van der Waals surface area contributed by atoms with E-state index in [1.165, 1.54) is 50.9 Å². The summed E-state index contributed by atoms with van der Waals surface area (Å²) in [7, 11) is 0. The van der Waals surface area contributed by atoms with E-state index >= 15 is 0 Å². The first-order valence-electron chi connectivity index (χ1n) is 9.00. The highest BCUT2D eigenvalue weighted by Gasteiger charge is 2.39. The molecule has 3 nitrogen and oxygen atoms in total. The topological polar surface area (TPSA) is 29.3 Å². The van der Waals surface area contributed by atoms with Crippen molar-refractivity contribution in [1.82, 2.24) is 9.88 Å². The molecular weight excluding hydrogens is 296 g/mol. The molecule has 2 aromatic heterocycles. The number of rotatable bonds is 2. The fourth-order valence-corrected chi connectivity index (χ4v) is 4.60. The van der Waals surface area contributed by atoms with Crippen molar-refractivity contribution in [2.75, 3.05) is 19.6 Å². The lowest BCUT2D eigenvalue weighted by Crippen LogP contribution is -2.50. The second-order valence-corrected chi connectivity index (χ2v) is 7.34. The highest BCUT2D eigenvalue weighted by Crippen LogP contribution is 2.41. The molecule has 2 fully saturated rings. The van der Waals surface area contributed by atoms with Crippen LogP contribution in [0.4, 0.5) is 0 Å². The smallest absolute Gasteiger partial charge is 0.153 e. The molecule has 0 unspecified atom stereocenters. The molecule has 2 aliphatic heterocycles. The molecule has 0 N–H and O–H groups in total. The fourth-order valence-electron chi connectivity index (χ4n) is 4.60. The largest absolute Gasteiger partial charge is 0.454 e. The van der Waals surface area contributed by atoms with Crippen LogP contribution >= 0.6 is 0 Å². The third kappa shape index (κ3) is 2.27. The van der Waals surface area contributed by atoms with Crippen molar-refractivity contribution in [1.29, 1.82) is 0 Å². The average molecular weight is 318 g/mol. The summed E-state index contributed by atoms with van der Waals surface area (Å²) in [6.07, 6.45) is 7.32. The van der Waals surface area contributed by atoms with Gasteiger partial charge >= 0.3 is 0 Å². The maximum atomic E-state index is 5.95. The van der Waals surface area contributed by atoms with E-state index in [0.717, 1.165) is 22.4 Å². The summed E-state index contributed by atoms with van der Waals surface area (Å²) in [4.78, 5) is 7.37. The number of hydrogen-bond acceptors (Lipinski definition) is 3. The van der Waals surface area contributed by atoms with E-state index < -0.39 is 0 Å². The van der Waals surface area contributed by atoms with Crippen LogP contribution < -0.4 is 0 Å². The van der Waals surface area contributed by atoms with E-state index in [2.05, 4.69) is 35.4 Å². The van der Waals surface area contributed by atoms with Gasteiger partial charge in [0, 0.05) is 23.5 Å². The number of aromatic nitrogens is 1. The summed E-state index contributed by atoms with van der Waals surface area (Å²) in [6, 6.07) is 14.6. The second kappa shape index (κ2) is 5.45. The summed E-state index contributed by atoms with van der Waals surface area (Å²) in [5, 5.41) is 1.13. The van der Waals surface area contributed by atoms with Gasteiger partial charge in [-0.05, 0) is 62.5 Å². The van der Waals surface area contributed by atoms with E-state index in [-0.39, 0.29) is 0 Å². The molecule has 0 radical (unpaired) electrons. The Kier molecular flexibility index (Phi) is 3.23. The lowest BCUT2D eigenvalue weighted by atomic mass is 9.69. The van der Waals surface area contributed by atoms with Crippen molar-refractivity contribution in [2.24, 2.45) is 0 Å². The zero-order valence-electron chi connectivity index (χ0n) is 13.9. The molecule has 2 bridgehead atoms. The Bertz CT molecular complexity index is 822. The molecule has 122 valence electrons. The molecule has 0 amide bonds. The highest BCUT2D eigenvalue weighted by molar-refractivity contribution is 5.82. The summed E-state index contributed by atoms with van der Waals surface area (Å²) < 4.78 is 5.95. The SMILES string of the molecule is c1ccc2oc(-c3ccc(C45CCCN(CCC4)C5)cn3)cc2c1. The van der Waals surface area contributed by atoms with Crippen LogP contribution in [0.5, 0.6) is 0 Å². The van der Waals surface area contributed by atoms with Gasteiger partial charge < -0.3 is 9.32 Å². The monoisotopic (exact) mass is 318 g/mol. The minimum atomic E-state index is 0.329. The van der Waals surface area contributed by atoms with Gasteiger partial charge in [-0.3, -0.25) is 4.98 Å². The zero-order chi connectivity index (χ0) is 16.0. The zero-order valence-corrected chi connectivity index (χ0v) is 13.9. The highest BCUT2D eigenvalue weighted by atomic mass is 16.3. The summed E-state index contributed by atoms with van der Waals surface area (Å²) in [5.74, 6) is 0.856. The third-order valence-corrected chi connectivity index (χ3v) is 5.84. The molecule has 0 saturated carbocycles. The molecule has 24 heavy (non-hydrogen) atoms. The van der Waals surface area contributed by atoms with Crippen LogP contribution in [0, 0.1) is 0 Å². The van der Waals surface area contributed by atoms with Gasteiger partial charge in [-0.1, -0.05) is 24.3 Å². The molecule has 0 aliphatic carbocycles. The van der Waals surface area contributed by atoms with Gasteiger partial charge in [0.1, 0.15) is 11.3 Å². The Morgan fingerprint density at radius 1 is 1.00 bits per heavy atom. The lowest BCUT2D eigenvalue weighted by molar-refractivity contribution is 0.0941. The molecular formula is C21H22N2O. The molecule has 4 heterocycles. The molecule has 5 rings (SSSR count). The van der Waals surface area contributed by atoms with E-state index in [9.17, 15) is 0 Å². The standard InChI is InChI=1S/C21H22N2O/c1-2-6-19-16(5-1)13-20(24-19)18-8-7-17(14-22-18)21-9-3-11-23(15-21)12-4-10-21/h1-2,5-8,13-14H,3-4,9-12,15H2. The van der Waals surface area contributed by atoms with Gasteiger partial charge in [-0.2, -0.15) is 0 Å². The number of fused-ring (bicyclic) bond motifs is 3. The van der Waals surface area contributed by atoms with Crippen molar-refractivity contribution in [2.45, 2.75) is 31.1 Å². The van der Waals surface area contributed by atoms with Crippen LogP contribution in [-0.4, -0.2) is 29.5 Å². The Labute approximate surface area is 142 Å². The van der Waals surface area contributed by atoms with Crippen molar-refractivity contribution < 1.29 is 4.42 Å². The van der Waals surface area contributed by atoms with E-state index in [0.29, 0.717) is 5.41 Å². The second-order valence-electron chi connectivity index (χ2n) is 7.34. The minimum Gasteiger partial charge on any atom is -0.454 e. The van der Waals surface area contributed by atoms with E-state index in [1.54, 1.807) is 0 Å². The maximum absolute atomic E-state index is 5.95. The van der Waals surface area contributed by atoms with E-state index in [4.69, 9.17) is 9.40 Å². The number of benzene rings is 1. The minimum absolute atomic E-state index is 0.329. The Balaban J connectivity index is 1.48. The number of furan rings is 1. The number of pyridine rings is 1. The Hall–Kier alpha value is -2.13. The number of piperidine rings is 2. The van der Waals surface area contributed by atoms with Gasteiger partial charge in [-0.25, -0.2) is 0 Å². The molecule has 0 atom stereocenters. The first kappa shape index (κ1) is 14.2. The van der Waals surface area contributed by atoms with Crippen LogP contribution in [-0.2, 0) is 5.41 Å². The quantitative estimate of drug-likeness (QED) is 0.690. The van der Waals surface area contributed by atoms with E-state index in [1.807, 2.05) is 18.2 Å². The predicted octanol–water partition coefficient (Wildman–Crippen LogP) is 4.62. The molecule has 1 aromatic carbocycles. The molecule has 2 saturated heterocycles. The average Bonchev–Trinajstić information content (AvgIpc) is 3.06. The molecule has 2 aliphatic rings. The summed E-state index contributed by atoms with van der Waals surface area (Å²) in [6.45, 7) is 3.75. The summed E-state index contributed by atoms with van der Waals surface area (Å²) in [5.41, 5.74) is 3.59. The Morgan fingerprint density at radius 3 is 2.58 bits per heavy atom. The van der Waals surface area contributed by atoms with Crippen LogP contribution in [0.25, 0.3) is 22.4 Å². The van der Waals surface area contributed by atoms with Crippen LogP contribution in [0.2, 0.25) is 0 Å². The first-order chi connectivity index (χ1) is 11.8. The number of hydrogen-bond donors (Lipinski definition) is 0. The third-order valence-electron chi connectivity index (χ3n) is 5.84. The van der Waals surface area contributed by atoms with Gasteiger partial charge in [-0.15, -0.1) is 0 Å². The van der Waals surface area contributed by atoms with Crippen LogP contribution in [0.3, 0.4) is 0 Å². The van der Waals surface area contributed by atoms with Gasteiger partial charge in [0.05, 0.1) is 0 Å². The van der Waals surface area contributed by atoms with Gasteiger partial charge in [0.2, 0.25) is 0 Å². The van der Waals surface area contributed by atoms with Gasteiger partial charge in [0.15, 0.2) is 5.76 Å². The maximum Gasteiger partial charge on any atom is 0.153 e. The lowest BCUT2D eigenvalue weighted by Gasteiger charge is -2.47. The molecule has 3 heteroatoms. The number of para-hydroxylation sites is 1. The molecule has 0 spiro atoms. The molecule has 3 aromatic rings.